The molecule has 0 aliphatic carbocycles. The fourth-order valence-corrected chi connectivity index (χ4v) is 1.92. The van der Waals surface area contributed by atoms with Gasteiger partial charge in [0.05, 0.1) is 0 Å². The molecule has 1 heterocycles. The number of pyridine rings is 1. The SMILES string of the molecule is Cc1cc(C(=O)Cc2ccc(C)c(C)c2)ccn1. The van der Waals surface area contributed by atoms with Gasteiger partial charge in [-0.3, -0.25) is 9.78 Å². The highest BCUT2D eigenvalue weighted by atomic mass is 16.1. The first-order valence-electron chi connectivity index (χ1n) is 6.08. The van der Waals surface area contributed by atoms with Gasteiger partial charge in [0.25, 0.3) is 0 Å². The van der Waals surface area contributed by atoms with Crippen molar-refractivity contribution in [2.75, 3.05) is 0 Å². The Bertz CT molecular complexity index is 587. The lowest BCUT2D eigenvalue weighted by Crippen LogP contribution is -2.04. The Hall–Kier alpha value is -1.96. The van der Waals surface area contributed by atoms with E-state index in [1.165, 1.54) is 11.1 Å². The maximum absolute atomic E-state index is 12.1. The molecule has 1 aromatic carbocycles. The van der Waals surface area contributed by atoms with Crippen LogP contribution in [0.15, 0.2) is 36.5 Å². The lowest BCUT2D eigenvalue weighted by molar-refractivity contribution is 0.0993. The summed E-state index contributed by atoms with van der Waals surface area (Å²) in [7, 11) is 0. The van der Waals surface area contributed by atoms with Crippen molar-refractivity contribution < 1.29 is 4.79 Å². The highest BCUT2D eigenvalue weighted by Crippen LogP contribution is 2.13. The van der Waals surface area contributed by atoms with Crippen LogP contribution in [0.1, 0.15) is 32.7 Å². The van der Waals surface area contributed by atoms with Crippen molar-refractivity contribution >= 4 is 5.78 Å². The third kappa shape index (κ3) is 2.83. The molecule has 92 valence electrons. The molecule has 0 radical (unpaired) electrons. The summed E-state index contributed by atoms with van der Waals surface area (Å²) in [6, 6.07) is 9.78. The number of aryl methyl sites for hydroxylation is 3. The molecule has 2 rings (SSSR count). The molecular weight excluding hydrogens is 222 g/mol. The second-order valence-electron chi connectivity index (χ2n) is 4.70. The van der Waals surface area contributed by atoms with E-state index in [2.05, 4.69) is 31.0 Å². The normalized spacial score (nSPS) is 10.4. The van der Waals surface area contributed by atoms with E-state index in [0.29, 0.717) is 6.42 Å². The van der Waals surface area contributed by atoms with Crippen molar-refractivity contribution in [2.24, 2.45) is 0 Å². The average Bonchev–Trinajstić information content (AvgIpc) is 2.34. The summed E-state index contributed by atoms with van der Waals surface area (Å²) in [5.41, 5.74) is 5.16. The largest absolute Gasteiger partial charge is 0.294 e. The van der Waals surface area contributed by atoms with Gasteiger partial charge in [0.15, 0.2) is 5.78 Å². The highest BCUT2D eigenvalue weighted by Gasteiger charge is 2.08. The van der Waals surface area contributed by atoms with Crippen LogP contribution in [0.5, 0.6) is 0 Å². The topological polar surface area (TPSA) is 30.0 Å². The summed E-state index contributed by atoms with van der Waals surface area (Å²) in [5, 5.41) is 0. The van der Waals surface area contributed by atoms with Crippen molar-refractivity contribution in [1.29, 1.82) is 0 Å². The zero-order valence-electron chi connectivity index (χ0n) is 11.0. The van der Waals surface area contributed by atoms with Gasteiger partial charge in [0.2, 0.25) is 0 Å². The molecule has 0 saturated carbocycles. The van der Waals surface area contributed by atoms with E-state index in [0.717, 1.165) is 16.8 Å². The van der Waals surface area contributed by atoms with E-state index < -0.39 is 0 Å². The number of benzene rings is 1. The van der Waals surface area contributed by atoms with Crippen molar-refractivity contribution in [3.8, 4) is 0 Å². The van der Waals surface area contributed by atoms with E-state index in [1.54, 1.807) is 12.3 Å². The van der Waals surface area contributed by atoms with Crippen LogP contribution in [0.3, 0.4) is 0 Å². The second kappa shape index (κ2) is 5.13. The standard InChI is InChI=1S/C16H17NO/c1-11-4-5-14(8-12(11)2)10-16(18)15-6-7-17-13(3)9-15/h4-9H,10H2,1-3H3. The van der Waals surface area contributed by atoms with Crippen molar-refractivity contribution in [1.82, 2.24) is 4.98 Å². The highest BCUT2D eigenvalue weighted by molar-refractivity contribution is 5.97. The smallest absolute Gasteiger partial charge is 0.167 e. The van der Waals surface area contributed by atoms with E-state index in [-0.39, 0.29) is 5.78 Å². The number of aromatic nitrogens is 1. The molecule has 2 aromatic rings. The number of rotatable bonds is 3. The molecule has 0 bridgehead atoms. The first kappa shape index (κ1) is 12.5. The van der Waals surface area contributed by atoms with Crippen LogP contribution < -0.4 is 0 Å². The molecule has 0 aliphatic rings. The molecule has 0 unspecified atom stereocenters. The molecule has 0 amide bonds. The van der Waals surface area contributed by atoms with Gasteiger partial charge < -0.3 is 0 Å². The van der Waals surface area contributed by atoms with Gasteiger partial charge in [-0.15, -0.1) is 0 Å². The summed E-state index contributed by atoms with van der Waals surface area (Å²) in [4.78, 5) is 16.2. The fraction of sp³-hybridized carbons (Fsp3) is 0.250. The molecule has 0 saturated heterocycles. The van der Waals surface area contributed by atoms with Crippen molar-refractivity contribution in [2.45, 2.75) is 27.2 Å². The van der Waals surface area contributed by atoms with Gasteiger partial charge in [0, 0.05) is 23.9 Å². The average molecular weight is 239 g/mol. The monoisotopic (exact) mass is 239 g/mol. The van der Waals surface area contributed by atoms with Crippen molar-refractivity contribution in [3.05, 3.63) is 64.5 Å². The Morgan fingerprint density at radius 1 is 1.06 bits per heavy atom. The maximum atomic E-state index is 12.1. The van der Waals surface area contributed by atoms with Crippen LogP contribution in [-0.2, 0) is 6.42 Å². The Labute approximate surface area is 108 Å². The van der Waals surface area contributed by atoms with Crippen LogP contribution in [0.25, 0.3) is 0 Å². The Kier molecular flexibility index (Phi) is 3.56. The number of Topliss-reactive ketones (excluding diaryl/α,β-unsaturated/α-hetero) is 1. The van der Waals surface area contributed by atoms with Gasteiger partial charge in [-0.05, 0) is 49.6 Å². The number of hydrogen-bond donors (Lipinski definition) is 0. The summed E-state index contributed by atoms with van der Waals surface area (Å²) < 4.78 is 0. The summed E-state index contributed by atoms with van der Waals surface area (Å²) in [6.45, 7) is 6.04. The van der Waals surface area contributed by atoms with Crippen LogP contribution >= 0.6 is 0 Å². The van der Waals surface area contributed by atoms with E-state index in [1.807, 2.05) is 19.1 Å². The molecule has 1 aromatic heterocycles. The molecule has 0 N–H and O–H groups in total. The molecule has 2 nitrogen and oxygen atoms in total. The summed E-state index contributed by atoms with van der Waals surface area (Å²) in [6.07, 6.45) is 2.13. The minimum atomic E-state index is 0.142. The van der Waals surface area contributed by atoms with Crippen molar-refractivity contribution in [3.63, 3.8) is 0 Å². The lowest BCUT2D eigenvalue weighted by Gasteiger charge is -2.05. The molecule has 18 heavy (non-hydrogen) atoms. The molecular formula is C16H17NO. The molecule has 0 aliphatic heterocycles. The maximum Gasteiger partial charge on any atom is 0.167 e. The number of hydrogen-bond acceptors (Lipinski definition) is 2. The fourth-order valence-electron chi connectivity index (χ4n) is 1.92. The van der Waals surface area contributed by atoms with E-state index in [4.69, 9.17) is 0 Å². The number of ketones is 1. The summed E-state index contributed by atoms with van der Waals surface area (Å²) in [5.74, 6) is 0.142. The van der Waals surface area contributed by atoms with E-state index in [9.17, 15) is 4.79 Å². The van der Waals surface area contributed by atoms with Crippen LogP contribution in [-0.4, -0.2) is 10.8 Å². The van der Waals surface area contributed by atoms with Gasteiger partial charge >= 0.3 is 0 Å². The number of carbonyl (C=O) groups is 1. The minimum Gasteiger partial charge on any atom is -0.294 e. The first-order chi connectivity index (χ1) is 8.56. The quantitative estimate of drug-likeness (QED) is 0.768. The molecule has 0 spiro atoms. The van der Waals surface area contributed by atoms with Crippen LogP contribution in [0.2, 0.25) is 0 Å². The summed E-state index contributed by atoms with van der Waals surface area (Å²) >= 11 is 0. The zero-order chi connectivity index (χ0) is 13.1. The van der Waals surface area contributed by atoms with Gasteiger partial charge in [-0.2, -0.15) is 0 Å². The molecule has 2 heteroatoms. The first-order valence-corrected chi connectivity index (χ1v) is 6.08. The van der Waals surface area contributed by atoms with Gasteiger partial charge in [-0.1, -0.05) is 18.2 Å². The minimum absolute atomic E-state index is 0.142. The van der Waals surface area contributed by atoms with Gasteiger partial charge in [0.1, 0.15) is 0 Å². The number of nitrogens with zero attached hydrogens (tertiary/aromatic N) is 1. The third-order valence-corrected chi connectivity index (χ3v) is 3.15. The Balaban J connectivity index is 2.18. The van der Waals surface area contributed by atoms with Gasteiger partial charge in [-0.25, -0.2) is 0 Å². The van der Waals surface area contributed by atoms with Crippen LogP contribution in [0, 0.1) is 20.8 Å². The Morgan fingerprint density at radius 2 is 1.83 bits per heavy atom. The second-order valence-corrected chi connectivity index (χ2v) is 4.70. The molecule has 0 fully saturated rings. The van der Waals surface area contributed by atoms with Crippen LogP contribution in [0.4, 0.5) is 0 Å². The lowest BCUT2D eigenvalue weighted by atomic mass is 10.00. The Morgan fingerprint density at radius 3 is 2.50 bits per heavy atom. The predicted octanol–water partition coefficient (Wildman–Crippen LogP) is 3.43. The van der Waals surface area contributed by atoms with E-state index >= 15 is 0 Å². The predicted molar refractivity (Wildman–Crippen MR) is 72.9 cm³/mol. The number of carbonyl (C=O) groups excluding carboxylic acids is 1. The molecule has 0 atom stereocenters. The third-order valence-electron chi connectivity index (χ3n) is 3.15. The zero-order valence-corrected chi connectivity index (χ0v) is 11.0.